The fourth-order valence-corrected chi connectivity index (χ4v) is 7.88. The van der Waals surface area contributed by atoms with Crippen molar-refractivity contribution in [3.63, 3.8) is 0 Å². The van der Waals surface area contributed by atoms with Gasteiger partial charge in [-0.15, -0.1) is 10.2 Å². The maximum absolute atomic E-state index is 12.5. The van der Waals surface area contributed by atoms with E-state index in [-0.39, 0.29) is 119 Å². The van der Waals surface area contributed by atoms with Crippen LogP contribution in [0.3, 0.4) is 0 Å². The Morgan fingerprint density at radius 1 is 0.621 bits per heavy atom. The molecule has 0 fully saturated rings. The number of ketones is 4. The van der Waals surface area contributed by atoms with Crippen LogP contribution in [-0.2, 0) is 58.9 Å². The number of nitrogens with one attached hydrogen (secondary N) is 4. The van der Waals surface area contributed by atoms with Crippen molar-refractivity contribution >= 4 is 52.7 Å². The lowest BCUT2D eigenvalue weighted by Gasteiger charge is -2.12. The molecular weight excluding hydrogens is 875 g/mol. The number of amides is 2. The lowest BCUT2D eigenvalue weighted by atomic mass is 9.94. The zero-order valence-electron chi connectivity index (χ0n) is 39.9. The number of rotatable bonds is 49. The highest BCUT2D eigenvalue weighted by Gasteiger charge is 2.22. The van der Waals surface area contributed by atoms with Gasteiger partial charge in [0.2, 0.25) is 11.8 Å². The number of carbonyl (C=O) groups excluding carboxylic acids is 6. The summed E-state index contributed by atoms with van der Waals surface area (Å²) in [7, 11) is 1.71. The number of tetrazole rings is 1. The van der Waals surface area contributed by atoms with E-state index in [4.69, 9.17) is 18.9 Å². The Balaban J connectivity index is 1.89. The number of unbranched alkanes of at least 4 members (excludes halogenated alkanes) is 12. The molecule has 0 radical (unpaired) electrons. The third kappa shape index (κ3) is 37.4. The number of hydrogen-bond donors (Lipinski definition) is 5. The number of likely N-dealkylation sites (N-methyl/N-ethyl adjacent to an activating group) is 1. The van der Waals surface area contributed by atoms with Crippen molar-refractivity contribution in [2.75, 3.05) is 84.5 Å². The molecule has 0 spiro atoms. The van der Waals surface area contributed by atoms with Gasteiger partial charge in [-0.05, 0) is 46.1 Å². The molecule has 0 unspecified atom stereocenters. The highest BCUT2D eigenvalue weighted by atomic mass is 32.2. The van der Waals surface area contributed by atoms with Crippen molar-refractivity contribution in [1.82, 2.24) is 36.6 Å². The van der Waals surface area contributed by atoms with E-state index >= 15 is 0 Å². The van der Waals surface area contributed by atoms with Crippen LogP contribution in [0.4, 0.5) is 0 Å². The second-order valence-electron chi connectivity index (χ2n) is 16.5. The van der Waals surface area contributed by atoms with Crippen LogP contribution in [0.5, 0.6) is 0 Å². The normalized spacial score (nSPS) is 12.2. The third-order valence-corrected chi connectivity index (χ3v) is 11.8. The predicted molar refractivity (Wildman–Crippen MR) is 251 cm³/mol. The van der Waals surface area contributed by atoms with E-state index in [9.17, 15) is 38.7 Å². The summed E-state index contributed by atoms with van der Waals surface area (Å²) >= 11 is 1.42. The van der Waals surface area contributed by atoms with E-state index in [0.29, 0.717) is 50.3 Å². The molecule has 2 atom stereocenters. The van der Waals surface area contributed by atoms with Crippen LogP contribution in [0.25, 0.3) is 0 Å². The van der Waals surface area contributed by atoms with Gasteiger partial charge in [0.05, 0.1) is 50.7 Å². The molecule has 2 amide bonds. The molecule has 66 heavy (non-hydrogen) atoms. The summed E-state index contributed by atoms with van der Waals surface area (Å²) in [5.41, 5.74) is 0. The molecule has 0 aliphatic rings. The lowest BCUT2D eigenvalue weighted by Crippen LogP contribution is -2.34. The number of thioether (sulfide) groups is 1. The van der Waals surface area contributed by atoms with Gasteiger partial charge in [-0.1, -0.05) is 75.8 Å². The van der Waals surface area contributed by atoms with Gasteiger partial charge in [0, 0.05) is 64.0 Å². The van der Waals surface area contributed by atoms with Gasteiger partial charge in [-0.2, -0.15) is 17.0 Å². The first-order chi connectivity index (χ1) is 32.0. The molecule has 0 saturated carbocycles. The van der Waals surface area contributed by atoms with Crippen molar-refractivity contribution in [1.29, 1.82) is 0 Å². The maximum atomic E-state index is 12.5. The monoisotopic (exact) mass is 956 g/mol. The third-order valence-electron chi connectivity index (χ3n) is 10.7. The summed E-state index contributed by atoms with van der Waals surface area (Å²) in [6, 6.07) is -0.256. The predicted octanol–water partition coefficient (Wildman–Crippen LogP) is 4.55. The van der Waals surface area contributed by atoms with Gasteiger partial charge >= 0.3 is 5.97 Å². The molecule has 1 rings (SSSR count). The van der Waals surface area contributed by atoms with E-state index in [1.165, 1.54) is 70.1 Å². The number of carboxylic acids is 1. The number of H-pyrrole nitrogens is 1. The van der Waals surface area contributed by atoms with Crippen molar-refractivity contribution in [2.45, 2.75) is 154 Å². The number of aromatic amines is 1. The minimum atomic E-state index is -1.06. The van der Waals surface area contributed by atoms with Crippen molar-refractivity contribution in [3.8, 4) is 0 Å². The quantitative estimate of drug-likeness (QED) is 0.0561. The molecule has 0 bridgehead atoms. The number of aromatic nitrogens is 4. The highest BCUT2D eigenvalue weighted by Crippen LogP contribution is 2.17. The van der Waals surface area contributed by atoms with E-state index in [1.807, 2.05) is 0 Å². The van der Waals surface area contributed by atoms with Crippen molar-refractivity contribution in [2.24, 2.45) is 5.92 Å². The Labute approximate surface area is 396 Å². The number of carbonyl (C=O) groups is 7. The minimum absolute atomic E-state index is 0.00671. The van der Waals surface area contributed by atoms with Crippen LogP contribution in [0, 0.1) is 5.92 Å². The second-order valence-corrected chi connectivity index (χ2v) is 17.6. The van der Waals surface area contributed by atoms with Gasteiger partial charge in [-0.25, -0.2) is 0 Å². The highest BCUT2D eigenvalue weighted by molar-refractivity contribution is 8.00. The van der Waals surface area contributed by atoms with Crippen LogP contribution < -0.4 is 16.0 Å². The number of nitrogens with zero attached hydrogens (tertiary/aromatic N) is 3. The average molecular weight is 956 g/mol. The first kappa shape index (κ1) is 60.3. The number of carboxylic acid groups (broad SMARTS) is 1. The molecule has 19 nitrogen and oxygen atoms in total. The number of ether oxygens (including phenoxy) is 4. The molecule has 20 heteroatoms. The first-order valence-corrected chi connectivity index (χ1v) is 25.3. The number of hydrogen-bond acceptors (Lipinski definition) is 16. The van der Waals surface area contributed by atoms with E-state index in [0.717, 1.165) is 44.3 Å². The summed E-state index contributed by atoms with van der Waals surface area (Å²) in [6.45, 7) is 3.49. The largest absolute Gasteiger partial charge is 0.481 e. The Hall–Kier alpha value is -3.69. The molecule has 1 aromatic rings. The van der Waals surface area contributed by atoms with Crippen LogP contribution in [-0.4, -0.2) is 157 Å². The van der Waals surface area contributed by atoms with Gasteiger partial charge in [-0.3, -0.25) is 33.6 Å². The Morgan fingerprint density at radius 2 is 1.20 bits per heavy atom. The zero-order chi connectivity index (χ0) is 48.3. The molecule has 0 aliphatic carbocycles. The zero-order valence-corrected chi connectivity index (χ0v) is 40.7. The van der Waals surface area contributed by atoms with E-state index in [2.05, 4.69) is 36.6 Å². The minimum Gasteiger partial charge on any atom is -0.481 e. The van der Waals surface area contributed by atoms with Crippen molar-refractivity contribution < 1.29 is 57.6 Å². The lowest BCUT2D eigenvalue weighted by molar-refractivity contribution is -0.144. The number of aryl methyl sites for hydroxylation is 1. The fourth-order valence-electron chi connectivity index (χ4n) is 6.75. The first-order valence-electron chi connectivity index (χ1n) is 24.1. The van der Waals surface area contributed by atoms with E-state index in [1.54, 1.807) is 7.05 Å². The van der Waals surface area contributed by atoms with Gasteiger partial charge < -0.3 is 40.0 Å². The van der Waals surface area contributed by atoms with Crippen LogP contribution in [0.1, 0.15) is 148 Å². The Morgan fingerprint density at radius 3 is 1.82 bits per heavy atom. The standard InChI is InChI=1S/C46H81N7O12S/c1-37(54)42(47-2)36-66-35-41(57)19-16-24-48-45(59)34-65-31-28-62-26-17-20-40(56)33-64-30-29-63-27-25-49-44(58)23-22-38(46(60)61)32-39(55)18-14-12-10-8-6-4-3-5-7-9-11-13-15-21-43-50-52-53-51-43/h38,42,47H,3-36H2,1-2H3,(H,48,59)(H,49,58)(H,60,61)(H,50,51,52,53)/t38-,42+/m1/s1. The van der Waals surface area contributed by atoms with Gasteiger partial charge in [0.15, 0.2) is 11.6 Å². The molecule has 1 heterocycles. The summed E-state index contributed by atoms with van der Waals surface area (Å²) in [5, 5.41) is 31.9. The molecule has 1 aromatic heterocycles. The summed E-state index contributed by atoms with van der Waals surface area (Å²) in [5.74, 6) is -0.894. The molecular formula is C46H81N7O12S. The fraction of sp³-hybridized carbons (Fsp3) is 0.826. The molecule has 0 aliphatic heterocycles. The van der Waals surface area contributed by atoms with Crippen molar-refractivity contribution in [3.05, 3.63) is 5.82 Å². The molecule has 5 N–H and O–H groups in total. The van der Waals surface area contributed by atoms with Crippen LogP contribution in [0.2, 0.25) is 0 Å². The number of Topliss-reactive ketones (excluding diaryl/α,β-unsaturated/α-hetero) is 4. The average Bonchev–Trinajstić information content (AvgIpc) is 3.82. The number of aliphatic carboxylic acids is 1. The van der Waals surface area contributed by atoms with Crippen LogP contribution in [0.15, 0.2) is 0 Å². The van der Waals surface area contributed by atoms with Crippen LogP contribution >= 0.6 is 11.8 Å². The summed E-state index contributed by atoms with van der Waals surface area (Å²) in [6.07, 6.45) is 18.0. The maximum Gasteiger partial charge on any atom is 0.306 e. The summed E-state index contributed by atoms with van der Waals surface area (Å²) < 4.78 is 21.5. The molecule has 378 valence electrons. The topological polar surface area (TPSA) is 267 Å². The molecule has 0 saturated heterocycles. The second kappa shape index (κ2) is 42.6. The Bertz CT molecular complexity index is 1460. The van der Waals surface area contributed by atoms with E-state index < -0.39 is 11.9 Å². The SMILES string of the molecule is CN[C@@H](CSCC(=O)CCCNC(=O)COCCOCCCC(=O)COCCOCCNC(=O)CC[C@H](CC(=O)CCCCCCCCCCCCCCCc1nn[nH]n1)C(=O)O)C(C)=O. The smallest absolute Gasteiger partial charge is 0.306 e. The Kier molecular flexibility index (Phi) is 39.0. The summed E-state index contributed by atoms with van der Waals surface area (Å²) in [4.78, 5) is 83.9. The van der Waals surface area contributed by atoms with Gasteiger partial charge in [0.25, 0.3) is 0 Å². The molecule has 0 aromatic carbocycles. The van der Waals surface area contributed by atoms with Gasteiger partial charge in [0.1, 0.15) is 30.6 Å².